The number of aliphatic imine (C=N–C) groups is 1. The van der Waals surface area contributed by atoms with E-state index in [2.05, 4.69) is 4.99 Å². The maximum Gasteiger partial charge on any atom is 0.266 e. The quantitative estimate of drug-likeness (QED) is 0.732. The van der Waals surface area contributed by atoms with E-state index in [0.29, 0.717) is 23.2 Å². The Bertz CT molecular complexity index is 798. The van der Waals surface area contributed by atoms with Gasteiger partial charge in [-0.3, -0.25) is 9.69 Å². The van der Waals surface area contributed by atoms with Gasteiger partial charge in [0, 0.05) is 6.54 Å². The molecular weight excluding hydrogens is 332 g/mol. The van der Waals surface area contributed by atoms with E-state index in [0.717, 1.165) is 17.0 Å². The van der Waals surface area contributed by atoms with Crippen LogP contribution in [0.1, 0.15) is 19.4 Å². The predicted octanol–water partition coefficient (Wildman–Crippen LogP) is 4.71. The number of rotatable bonds is 5. The topological polar surface area (TPSA) is 41.9 Å². The first-order valence-electron chi connectivity index (χ1n) is 8.29. The minimum absolute atomic E-state index is 0.000963. The van der Waals surface area contributed by atoms with Crippen molar-refractivity contribution >= 4 is 34.6 Å². The highest BCUT2D eigenvalue weighted by molar-refractivity contribution is 8.18. The van der Waals surface area contributed by atoms with Gasteiger partial charge in [-0.15, -0.1) is 0 Å². The second kappa shape index (κ2) is 8.03. The lowest BCUT2D eigenvalue weighted by Gasteiger charge is -2.12. The van der Waals surface area contributed by atoms with Crippen LogP contribution in [0.2, 0.25) is 0 Å². The number of hydrogen-bond donors (Lipinski definition) is 0. The lowest BCUT2D eigenvalue weighted by Crippen LogP contribution is -2.28. The Balaban J connectivity index is 1.85. The molecule has 1 fully saturated rings. The van der Waals surface area contributed by atoms with E-state index in [4.69, 9.17) is 4.74 Å². The molecule has 3 rings (SSSR count). The van der Waals surface area contributed by atoms with Crippen LogP contribution in [0.5, 0.6) is 5.75 Å². The van der Waals surface area contributed by atoms with Crippen molar-refractivity contribution in [1.82, 2.24) is 4.90 Å². The molecule has 0 atom stereocenters. The second-order valence-corrected chi connectivity index (χ2v) is 6.40. The first kappa shape index (κ1) is 17.3. The lowest BCUT2D eigenvalue weighted by molar-refractivity contribution is -0.122. The van der Waals surface area contributed by atoms with E-state index in [-0.39, 0.29) is 5.91 Å². The summed E-state index contributed by atoms with van der Waals surface area (Å²) in [4.78, 5) is 19.7. The molecule has 128 valence electrons. The van der Waals surface area contributed by atoms with Gasteiger partial charge in [-0.1, -0.05) is 30.3 Å². The molecule has 1 aliphatic rings. The Hall–Kier alpha value is -2.53. The fourth-order valence-electron chi connectivity index (χ4n) is 2.46. The van der Waals surface area contributed by atoms with E-state index >= 15 is 0 Å². The van der Waals surface area contributed by atoms with Crippen molar-refractivity contribution in [3.63, 3.8) is 0 Å². The van der Waals surface area contributed by atoms with Gasteiger partial charge in [-0.05, 0) is 61.5 Å². The SMILES string of the molecule is CCOc1ccc(N=C2S/C(=C/c3ccccc3)C(=O)N2CC)cc1. The molecule has 1 aliphatic heterocycles. The van der Waals surface area contributed by atoms with Crippen molar-refractivity contribution in [2.45, 2.75) is 13.8 Å². The van der Waals surface area contributed by atoms with Crippen LogP contribution in [-0.2, 0) is 4.79 Å². The summed E-state index contributed by atoms with van der Waals surface area (Å²) in [5.41, 5.74) is 1.81. The van der Waals surface area contributed by atoms with Crippen molar-refractivity contribution in [3.05, 3.63) is 65.1 Å². The van der Waals surface area contributed by atoms with Crippen molar-refractivity contribution in [2.75, 3.05) is 13.2 Å². The number of likely N-dealkylation sites (N-methyl/N-ethyl adjacent to an activating group) is 1. The Kier molecular flexibility index (Phi) is 5.56. The molecule has 0 N–H and O–H groups in total. The number of benzene rings is 2. The predicted molar refractivity (Wildman–Crippen MR) is 104 cm³/mol. The molecule has 0 aromatic heterocycles. The monoisotopic (exact) mass is 352 g/mol. The summed E-state index contributed by atoms with van der Waals surface area (Å²) in [7, 11) is 0. The summed E-state index contributed by atoms with van der Waals surface area (Å²) >= 11 is 1.41. The molecule has 0 saturated carbocycles. The average molecular weight is 352 g/mol. The summed E-state index contributed by atoms with van der Waals surface area (Å²) in [6, 6.07) is 17.4. The Morgan fingerprint density at radius 2 is 1.80 bits per heavy atom. The van der Waals surface area contributed by atoms with Gasteiger partial charge >= 0.3 is 0 Å². The van der Waals surface area contributed by atoms with Crippen LogP contribution in [-0.4, -0.2) is 29.1 Å². The molecule has 25 heavy (non-hydrogen) atoms. The zero-order chi connectivity index (χ0) is 17.6. The van der Waals surface area contributed by atoms with E-state index in [1.54, 1.807) is 4.90 Å². The number of thioether (sulfide) groups is 1. The smallest absolute Gasteiger partial charge is 0.266 e. The molecule has 0 unspecified atom stereocenters. The molecule has 1 saturated heterocycles. The van der Waals surface area contributed by atoms with Gasteiger partial charge in [0.25, 0.3) is 5.91 Å². The van der Waals surface area contributed by atoms with E-state index in [9.17, 15) is 4.79 Å². The zero-order valence-corrected chi connectivity index (χ0v) is 15.1. The number of amides is 1. The van der Waals surface area contributed by atoms with Gasteiger partial charge in [0.1, 0.15) is 5.75 Å². The third-order valence-electron chi connectivity index (χ3n) is 3.67. The second-order valence-electron chi connectivity index (χ2n) is 5.39. The van der Waals surface area contributed by atoms with Crippen LogP contribution in [0.25, 0.3) is 6.08 Å². The minimum atomic E-state index is 0.000963. The number of carbonyl (C=O) groups is 1. The van der Waals surface area contributed by atoms with Crippen molar-refractivity contribution in [2.24, 2.45) is 4.99 Å². The van der Waals surface area contributed by atoms with E-state index in [1.807, 2.05) is 74.5 Å². The largest absolute Gasteiger partial charge is 0.494 e. The summed E-state index contributed by atoms with van der Waals surface area (Å²) in [5.74, 6) is 0.819. The van der Waals surface area contributed by atoms with Crippen molar-refractivity contribution in [3.8, 4) is 5.75 Å². The van der Waals surface area contributed by atoms with Crippen LogP contribution in [0.4, 0.5) is 5.69 Å². The van der Waals surface area contributed by atoms with Gasteiger partial charge in [-0.2, -0.15) is 0 Å². The van der Waals surface area contributed by atoms with Crippen LogP contribution >= 0.6 is 11.8 Å². The summed E-state index contributed by atoms with van der Waals surface area (Å²) in [6.07, 6.45) is 1.91. The Labute approximate surface area is 152 Å². The van der Waals surface area contributed by atoms with Gasteiger partial charge < -0.3 is 4.74 Å². The van der Waals surface area contributed by atoms with E-state index < -0.39 is 0 Å². The summed E-state index contributed by atoms with van der Waals surface area (Å²) < 4.78 is 5.45. The molecule has 0 radical (unpaired) electrons. The number of ether oxygens (including phenoxy) is 1. The highest BCUT2D eigenvalue weighted by Gasteiger charge is 2.32. The molecule has 1 amide bonds. The summed E-state index contributed by atoms with van der Waals surface area (Å²) in [6.45, 7) is 5.13. The molecule has 5 heteroatoms. The molecule has 1 heterocycles. The van der Waals surface area contributed by atoms with Gasteiger partial charge in [0.15, 0.2) is 5.17 Å². The number of nitrogens with zero attached hydrogens (tertiary/aromatic N) is 2. The van der Waals surface area contributed by atoms with Crippen LogP contribution in [0, 0.1) is 0 Å². The summed E-state index contributed by atoms with van der Waals surface area (Å²) in [5, 5.41) is 0.707. The first-order chi connectivity index (χ1) is 12.2. The van der Waals surface area contributed by atoms with E-state index in [1.165, 1.54) is 11.8 Å². The highest BCUT2D eigenvalue weighted by atomic mass is 32.2. The molecule has 0 spiro atoms. The maximum absolute atomic E-state index is 12.6. The highest BCUT2D eigenvalue weighted by Crippen LogP contribution is 2.34. The average Bonchev–Trinajstić information content (AvgIpc) is 2.92. The fourth-order valence-corrected chi connectivity index (χ4v) is 3.53. The number of hydrogen-bond acceptors (Lipinski definition) is 4. The third-order valence-corrected chi connectivity index (χ3v) is 4.68. The van der Waals surface area contributed by atoms with Gasteiger partial charge in [-0.25, -0.2) is 4.99 Å². The Morgan fingerprint density at radius 1 is 1.08 bits per heavy atom. The Morgan fingerprint density at radius 3 is 2.44 bits per heavy atom. The minimum Gasteiger partial charge on any atom is -0.494 e. The first-order valence-corrected chi connectivity index (χ1v) is 9.11. The normalized spacial score (nSPS) is 17.5. The molecule has 2 aromatic carbocycles. The standard InChI is InChI=1S/C20H20N2O2S/c1-3-22-19(23)18(14-15-8-6-5-7-9-15)25-20(22)21-16-10-12-17(13-11-16)24-4-2/h5-14H,3-4H2,1-2H3/b18-14+,21-20?. The lowest BCUT2D eigenvalue weighted by atomic mass is 10.2. The van der Waals surface area contributed by atoms with Crippen molar-refractivity contribution < 1.29 is 9.53 Å². The maximum atomic E-state index is 12.6. The zero-order valence-electron chi connectivity index (χ0n) is 14.3. The van der Waals surface area contributed by atoms with Gasteiger partial charge in [0.2, 0.25) is 0 Å². The third kappa shape index (κ3) is 4.12. The van der Waals surface area contributed by atoms with Crippen molar-refractivity contribution in [1.29, 1.82) is 0 Å². The van der Waals surface area contributed by atoms with Crippen LogP contribution < -0.4 is 4.74 Å². The molecule has 4 nitrogen and oxygen atoms in total. The molecular formula is C20H20N2O2S. The number of carbonyl (C=O) groups excluding carboxylic acids is 1. The molecule has 0 aliphatic carbocycles. The number of amidine groups is 1. The van der Waals surface area contributed by atoms with Crippen LogP contribution in [0.3, 0.4) is 0 Å². The van der Waals surface area contributed by atoms with Gasteiger partial charge in [0.05, 0.1) is 17.2 Å². The fraction of sp³-hybridized carbons (Fsp3) is 0.200. The van der Waals surface area contributed by atoms with Crippen LogP contribution in [0.15, 0.2) is 64.5 Å². The molecule has 0 bridgehead atoms. The molecule has 2 aromatic rings.